The molecule has 0 fully saturated rings. The highest BCUT2D eigenvalue weighted by Crippen LogP contribution is 2.22. The van der Waals surface area contributed by atoms with Crippen molar-refractivity contribution in [3.05, 3.63) is 28.8 Å². The fourth-order valence-electron chi connectivity index (χ4n) is 1.13. The molecule has 13 heavy (non-hydrogen) atoms. The van der Waals surface area contributed by atoms with Gasteiger partial charge in [-0.3, -0.25) is 0 Å². The molecule has 0 N–H and O–H groups in total. The Bertz CT molecular complexity index is 284. The number of rotatable bonds is 3. The van der Waals surface area contributed by atoms with Crippen LogP contribution in [0.15, 0.2) is 18.2 Å². The van der Waals surface area contributed by atoms with Crippen LogP contribution in [0.25, 0.3) is 0 Å². The van der Waals surface area contributed by atoms with Gasteiger partial charge in [0.05, 0.1) is 0 Å². The topological polar surface area (TPSA) is 3.24 Å². The van der Waals surface area contributed by atoms with Crippen molar-refractivity contribution in [3.63, 3.8) is 0 Å². The maximum atomic E-state index is 6.00. The predicted molar refractivity (Wildman–Crippen MR) is 60.2 cm³/mol. The highest BCUT2D eigenvalue weighted by Gasteiger charge is 2.02. The molecule has 0 unspecified atom stereocenters. The molecular weight excluding hydrogens is 205 g/mol. The third kappa shape index (κ3) is 2.78. The van der Waals surface area contributed by atoms with Crippen LogP contribution in [0, 0.1) is 0 Å². The van der Waals surface area contributed by atoms with E-state index in [1.165, 1.54) is 0 Å². The maximum Gasteiger partial charge on any atom is 0.0439 e. The van der Waals surface area contributed by atoms with Crippen molar-refractivity contribution < 1.29 is 0 Å². The molecule has 0 aliphatic heterocycles. The zero-order valence-electron chi connectivity index (χ0n) is 7.85. The zero-order valence-corrected chi connectivity index (χ0v) is 9.36. The van der Waals surface area contributed by atoms with Gasteiger partial charge in [0.1, 0.15) is 0 Å². The van der Waals surface area contributed by atoms with E-state index in [-0.39, 0.29) is 0 Å². The van der Waals surface area contributed by atoms with Crippen LogP contribution in [-0.4, -0.2) is 20.0 Å². The van der Waals surface area contributed by atoms with Crippen LogP contribution in [0.4, 0.5) is 5.69 Å². The number of anilines is 1. The van der Waals surface area contributed by atoms with Gasteiger partial charge in [-0.05, 0) is 30.2 Å². The molecule has 0 amide bonds. The second-order valence-electron chi connectivity index (χ2n) is 3.11. The SMILES string of the molecule is CN(C)c1ccc(Cl)c(CCCl)c1. The van der Waals surface area contributed by atoms with Gasteiger partial charge in [-0.15, -0.1) is 11.6 Å². The lowest BCUT2D eigenvalue weighted by Gasteiger charge is -2.14. The second kappa shape index (κ2) is 4.73. The normalized spacial score (nSPS) is 10.2. The van der Waals surface area contributed by atoms with Gasteiger partial charge in [0.25, 0.3) is 0 Å². The van der Waals surface area contributed by atoms with Crippen LogP contribution in [0.3, 0.4) is 0 Å². The van der Waals surface area contributed by atoms with Gasteiger partial charge in [0.15, 0.2) is 0 Å². The minimum absolute atomic E-state index is 0.608. The summed E-state index contributed by atoms with van der Waals surface area (Å²) >= 11 is 11.7. The quantitative estimate of drug-likeness (QED) is 0.704. The molecule has 3 heteroatoms. The van der Waals surface area contributed by atoms with E-state index in [0.717, 1.165) is 22.7 Å². The van der Waals surface area contributed by atoms with Gasteiger partial charge in [0, 0.05) is 30.7 Å². The lowest BCUT2D eigenvalue weighted by molar-refractivity contribution is 1.10. The van der Waals surface area contributed by atoms with Gasteiger partial charge in [-0.2, -0.15) is 0 Å². The van der Waals surface area contributed by atoms with Crippen LogP contribution in [0.1, 0.15) is 5.56 Å². The average molecular weight is 218 g/mol. The molecule has 0 aliphatic carbocycles. The first-order valence-electron chi connectivity index (χ1n) is 4.17. The lowest BCUT2D eigenvalue weighted by Crippen LogP contribution is -2.08. The Morgan fingerprint density at radius 2 is 2.00 bits per heavy atom. The number of aryl methyl sites for hydroxylation is 1. The van der Waals surface area contributed by atoms with E-state index in [4.69, 9.17) is 23.2 Å². The largest absolute Gasteiger partial charge is 0.378 e. The molecule has 1 aromatic carbocycles. The molecule has 0 heterocycles. The maximum absolute atomic E-state index is 6.00. The monoisotopic (exact) mass is 217 g/mol. The fourth-order valence-corrected chi connectivity index (χ4v) is 1.55. The van der Waals surface area contributed by atoms with E-state index < -0.39 is 0 Å². The van der Waals surface area contributed by atoms with Crippen LogP contribution in [0.5, 0.6) is 0 Å². The number of benzene rings is 1. The first-order valence-corrected chi connectivity index (χ1v) is 5.08. The van der Waals surface area contributed by atoms with Crippen LogP contribution >= 0.6 is 23.2 Å². The fraction of sp³-hybridized carbons (Fsp3) is 0.400. The second-order valence-corrected chi connectivity index (χ2v) is 3.89. The summed E-state index contributed by atoms with van der Waals surface area (Å²) in [4.78, 5) is 2.05. The molecule has 0 spiro atoms. The molecule has 0 aromatic heterocycles. The summed E-state index contributed by atoms with van der Waals surface area (Å²) in [5.74, 6) is 0.608. The number of hydrogen-bond donors (Lipinski definition) is 0. The summed E-state index contributed by atoms with van der Waals surface area (Å²) in [7, 11) is 4.02. The summed E-state index contributed by atoms with van der Waals surface area (Å²) in [5.41, 5.74) is 2.27. The van der Waals surface area contributed by atoms with Gasteiger partial charge in [0.2, 0.25) is 0 Å². The molecule has 1 nitrogen and oxygen atoms in total. The molecule has 1 aromatic rings. The van der Waals surface area contributed by atoms with Crippen molar-refractivity contribution >= 4 is 28.9 Å². The standard InChI is InChI=1S/C10H13Cl2N/c1-13(2)9-3-4-10(12)8(7-9)5-6-11/h3-4,7H,5-6H2,1-2H3. The smallest absolute Gasteiger partial charge is 0.0439 e. The van der Waals surface area contributed by atoms with Crippen molar-refractivity contribution in [1.82, 2.24) is 0 Å². The first kappa shape index (κ1) is 10.7. The van der Waals surface area contributed by atoms with Crippen molar-refractivity contribution in [2.24, 2.45) is 0 Å². The highest BCUT2D eigenvalue weighted by atomic mass is 35.5. The van der Waals surface area contributed by atoms with Crippen molar-refractivity contribution in [2.45, 2.75) is 6.42 Å². The molecule has 0 radical (unpaired) electrons. The van der Waals surface area contributed by atoms with E-state index in [0.29, 0.717) is 5.88 Å². The van der Waals surface area contributed by atoms with Crippen LogP contribution in [-0.2, 0) is 6.42 Å². The van der Waals surface area contributed by atoms with Gasteiger partial charge < -0.3 is 4.90 Å². The Hall–Kier alpha value is -0.400. The highest BCUT2D eigenvalue weighted by molar-refractivity contribution is 6.31. The number of alkyl halides is 1. The van der Waals surface area contributed by atoms with E-state index in [2.05, 4.69) is 6.07 Å². The van der Waals surface area contributed by atoms with Crippen molar-refractivity contribution in [3.8, 4) is 0 Å². The third-order valence-electron chi connectivity index (χ3n) is 1.91. The van der Waals surface area contributed by atoms with Gasteiger partial charge in [-0.1, -0.05) is 11.6 Å². The Kier molecular flexibility index (Phi) is 3.89. The van der Waals surface area contributed by atoms with Crippen LogP contribution in [0.2, 0.25) is 5.02 Å². The van der Waals surface area contributed by atoms with E-state index >= 15 is 0 Å². The molecule has 0 bridgehead atoms. The molecule has 0 aliphatic rings. The van der Waals surface area contributed by atoms with Gasteiger partial charge >= 0.3 is 0 Å². The number of hydrogen-bond acceptors (Lipinski definition) is 1. The molecule has 72 valence electrons. The van der Waals surface area contributed by atoms with Gasteiger partial charge in [-0.25, -0.2) is 0 Å². The number of nitrogens with zero attached hydrogens (tertiary/aromatic N) is 1. The predicted octanol–water partition coefficient (Wildman–Crippen LogP) is 3.19. The van der Waals surface area contributed by atoms with Crippen molar-refractivity contribution in [1.29, 1.82) is 0 Å². The molecule has 0 atom stereocenters. The first-order chi connectivity index (χ1) is 6.15. The Morgan fingerprint density at radius 1 is 1.31 bits per heavy atom. The molecular formula is C10H13Cl2N. The third-order valence-corrected chi connectivity index (χ3v) is 2.47. The minimum Gasteiger partial charge on any atom is -0.378 e. The summed E-state index contributed by atoms with van der Waals surface area (Å²) in [5, 5.41) is 0.797. The average Bonchev–Trinajstić information content (AvgIpc) is 2.08. The summed E-state index contributed by atoms with van der Waals surface area (Å²) in [6, 6.07) is 5.99. The zero-order chi connectivity index (χ0) is 9.84. The Morgan fingerprint density at radius 3 is 2.54 bits per heavy atom. The summed E-state index contributed by atoms with van der Waals surface area (Å²) in [6.07, 6.45) is 0.821. The summed E-state index contributed by atoms with van der Waals surface area (Å²) in [6.45, 7) is 0. The van der Waals surface area contributed by atoms with Crippen LogP contribution < -0.4 is 4.90 Å². The molecule has 1 rings (SSSR count). The van der Waals surface area contributed by atoms with Crippen molar-refractivity contribution in [2.75, 3.05) is 24.9 Å². The Balaban J connectivity index is 2.97. The van der Waals surface area contributed by atoms with E-state index in [1.54, 1.807) is 0 Å². The minimum atomic E-state index is 0.608. The van der Waals surface area contributed by atoms with E-state index in [9.17, 15) is 0 Å². The molecule has 0 saturated heterocycles. The summed E-state index contributed by atoms with van der Waals surface area (Å²) < 4.78 is 0. The molecule has 0 saturated carbocycles. The lowest BCUT2D eigenvalue weighted by atomic mass is 10.1. The Labute approximate surface area is 89.3 Å². The number of halogens is 2. The van der Waals surface area contributed by atoms with E-state index in [1.807, 2.05) is 31.1 Å².